The van der Waals surface area contributed by atoms with Crippen LogP contribution in [-0.2, 0) is 11.3 Å². The van der Waals surface area contributed by atoms with Crippen molar-refractivity contribution in [1.82, 2.24) is 9.99 Å². The van der Waals surface area contributed by atoms with Gasteiger partial charge in [0.2, 0.25) is 5.91 Å². The fourth-order valence-electron chi connectivity index (χ4n) is 2.55. The molecule has 0 spiro atoms. The second-order valence-corrected chi connectivity index (χ2v) is 6.44. The van der Waals surface area contributed by atoms with Crippen LogP contribution in [0.2, 0.25) is 0 Å². The van der Waals surface area contributed by atoms with Crippen LogP contribution in [0.3, 0.4) is 0 Å². The third kappa shape index (κ3) is 4.48. The summed E-state index contributed by atoms with van der Waals surface area (Å²) in [6.45, 7) is 2.70. The molecule has 0 bridgehead atoms. The number of hydrogen-bond donors (Lipinski definition) is 1. The zero-order valence-electron chi connectivity index (χ0n) is 13.8. The van der Waals surface area contributed by atoms with Crippen LogP contribution >= 0.6 is 15.9 Å². The molecule has 0 fully saturated rings. The van der Waals surface area contributed by atoms with Crippen molar-refractivity contribution in [1.29, 1.82) is 0 Å². The number of carbonyl (C=O) groups is 1. The number of para-hydroxylation sites is 1. The number of aromatic nitrogens is 1. The SMILES string of the molecule is CC(=O)N/N=C/c1cn(CCOc2ccc(Br)cc2)c2ccccc12. The molecule has 3 rings (SSSR count). The van der Waals surface area contributed by atoms with Gasteiger partial charge in [-0.3, -0.25) is 4.79 Å². The summed E-state index contributed by atoms with van der Waals surface area (Å²) in [5.41, 5.74) is 4.48. The largest absolute Gasteiger partial charge is 0.492 e. The number of rotatable bonds is 6. The van der Waals surface area contributed by atoms with Crippen LogP contribution in [-0.4, -0.2) is 23.3 Å². The average molecular weight is 400 g/mol. The summed E-state index contributed by atoms with van der Waals surface area (Å²) in [7, 11) is 0. The highest BCUT2D eigenvalue weighted by Crippen LogP contribution is 2.20. The van der Waals surface area contributed by atoms with Gasteiger partial charge < -0.3 is 9.30 Å². The van der Waals surface area contributed by atoms with Gasteiger partial charge in [0.15, 0.2) is 0 Å². The van der Waals surface area contributed by atoms with Gasteiger partial charge in [0.05, 0.1) is 12.8 Å². The van der Waals surface area contributed by atoms with Crippen molar-refractivity contribution < 1.29 is 9.53 Å². The standard InChI is InChI=1S/C19H18BrN3O2/c1-14(24)22-21-12-15-13-23(19-5-3-2-4-18(15)19)10-11-25-17-8-6-16(20)7-9-17/h2-9,12-13H,10-11H2,1H3,(H,22,24)/b21-12+. The second-order valence-electron chi connectivity index (χ2n) is 5.52. The van der Waals surface area contributed by atoms with E-state index in [4.69, 9.17) is 4.74 Å². The van der Waals surface area contributed by atoms with E-state index in [9.17, 15) is 4.79 Å². The van der Waals surface area contributed by atoms with E-state index in [-0.39, 0.29) is 5.91 Å². The van der Waals surface area contributed by atoms with Gasteiger partial charge in [-0.15, -0.1) is 0 Å². The van der Waals surface area contributed by atoms with Crippen LogP contribution in [0.15, 0.2) is 64.3 Å². The molecule has 0 aliphatic rings. The topological polar surface area (TPSA) is 55.6 Å². The molecular weight excluding hydrogens is 382 g/mol. The minimum absolute atomic E-state index is 0.192. The van der Waals surface area contributed by atoms with Gasteiger partial charge in [-0.1, -0.05) is 34.1 Å². The summed E-state index contributed by atoms with van der Waals surface area (Å²) in [6, 6.07) is 15.9. The summed E-state index contributed by atoms with van der Waals surface area (Å²) < 4.78 is 8.96. The molecule has 0 aliphatic heterocycles. The van der Waals surface area contributed by atoms with E-state index >= 15 is 0 Å². The molecule has 0 radical (unpaired) electrons. The predicted octanol–water partition coefficient (Wildman–Crippen LogP) is 3.95. The molecule has 128 valence electrons. The van der Waals surface area contributed by atoms with Gasteiger partial charge in [0, 0.05) is 34.1 Å². The van der Waals surface area contributed by atoms with Crippen molar-refractivity contribution in [3.8, 4) is 5.75 Å². The highest BCUT2D eigenvalue weighted by atomic mass is 79.9. The van der Waals surface area contributed by atoms with Crippen LogP contribution < -0.4 is 10.2 Å². The number of hydrogen-bond acceptors (Lipinski definition) is 3. The van der Waals surface area contributed by atoms with E-state index in [0.717, 1.165) is 26.7 Å². The quantitative estimate of drug-likeness (QED) is 0.503. The lowest BCUT2D eigenvalue weighted by Gasteiger charge is -2.08. The van der Waals surface area contributed by atoms with Gasteiger partial charge in [-0.2, -0.15) is 5.10 Å². The summed E-state index contributed by atoms with van der Waals surface area (Å²) in [5, 5.41) is 5.05. The Morgan fingerprint density at radius 1 is 1.24 bits per heavy atom. The first-order chi connectivity index (χ1) is 12.1. The summed E-state index contributed by atoms with van der Waals surface area (Å²) in [4.78, 5) is 11.0. The first-order valence-electron chi connectivity index (χ1n) is 7.89. The van der Waals surface area contributed by atoms with E-state index in [1.54, 1.807) is 6.21 Å². The molecule has 0 saturated carbocycles. The zero-order valence-corrected chi connectivity index (χ0v) is 15.4. The zero-order chi connectivity index (χ0) is 17.6. The molecule has 1 aromatic heterocycles. The van der Waals surface area contributed by atoms with Gasteiger partial charge in [-0.05, 0) is 30.3 Å². The highest BCUT2D eigenvalue weighted by Gasteiger charge is 2.06. The Hall–Kier alpha value is -2.60. The molecule has 25 heavy (non-hydrogen) atoms. The van der Waals surface area contributed by atoms with Gasteiger partial charge in [-0.25, -0.2) is 5.43 Å². The third-order valence-corrected chi connectivity index (χ3v) is 4.19. The number of fused-ring (bicyclic) bond motifs is 1. The number of benzene rings is 2. The van der Waals surface area contributed by atoms with E-state index in [1.807, 2.05) is 48.7 Å². The highest BCUT2D eigenvalue weighted by molar-refractivity contribution is 9.10. The van der Waals surface area contributed by atoms with Crippen LogP contribution in [0, 0.1) is 0 Å². The number of carbonyl (C=O) groups excluding carboxylic acids is 1. The fraction of sp³-hybridized carbons (Fsp3) is 0.158. The summed E-state index contributed by atoms with van der Waals surface area (Å²) >= 11 is 3.41. The van der Waals surface area contributed by atoms with E-state index in [2.05, 4.69) is 37.1 Å². The molecule has 1 heterocycles. The number of nitrogens with zero attached hydrogens (tertiary/aromatic N) is 2. The smallest absolute Gasteiger partial charge is 0.236 e. The monoisotopic (exact) mass is 399 g/mol. The van der Waals surface area contributed by atoms with Gasteiger partial charge >= 0.3 is 0 Å². The third-order valence-electron chi connectivity index (χ3n) is 3.66. The Bertz CT molecular complexity index is 901. The Kier molecular flexibility index (Phi) is 5.50. The molecular formula is C19H18BrN3O2. The minimum atomic E-state index is -0.192. The number of ether oxygens (including phenoxy) is 1. The lowest BCUT2D eigenvalue weighted by molar-refractivity contribution is -0.118. The Balaban J connectivity index is 1.73. The molecule has 2 aromatic carbocycles. The molecule has 0 saturated heterocycles. The first-order valence-corrected chi connectivity index (χ1v) is 8.68. The normalized spacial score (nSPS) is 11.1. The maximum Gasteiger partial charge on any atom is 0.236 e. The minimum Gasteiger partial charge on any atom is -0.492 e. The Morgan fingerprint density at radius 2 is 2.00 bits per heavy atom. The number of nitrogens with one attached hydrogen (secondary N) is 1. The molecule has 1 amide bonds. The predicted molar refractivity (Wildman–Crippen MR) is 103 cm³/mol. The van der Waals surface area contributed by atoms with Crippen molar-refractivity contribution in [3.63, 3.8) is 0 Å². The van der Waals surface area contributed by atoms with Gasteiger partial charge in [0.1, 0.15) is 12.4 Å². The van der Waals surface area contributed by atoms with Crippen molar-refractivity contribution in [3.05, 3.63) is 64.8 Å². The number of amides is 1. The lowest BCUT2D eigenvalue weighted by atomic mass is 10.2. The lowest BCUT2D eigenvalue weighted by Crippen LogP contribution is -2.12. The van der Waals surface area contributed by atoms with Crippen LogP contribution in [0.5, 0.6) is 5.75 Å². The van der Waals surface area contributed by atoms with E-state index in [1.165, 1.54) is 6.92 Å². The van der Waals surface area contributed by atoms with E-state index in [0.29, 0.717) is 13.2 Å². The van der Waals surface area contributed by atoms with Crippen molar-refractivity contribution in [2.75, 3.05) is 6.61 Å². The molecule has 0 unspecified atom stereocenters. The van der Waals surface area contributed by atoms with Crippen LogP contribution in [0.1, 0.15) is 12.5 Å². The summed E-state index contributed by atoms with van der Waals surface area (Å²) in [5.74, 6) is 0.648. The van der Waals surface area contributed by atoms with Crippen LogP contribution in [0.25, 0.3) is 10.9 Å². The second kappa shape index (κ2) is 7.98. The fourth-order valence-corrected chi connectivity index (χ4v) is 2.81. The maximum atomic E-state index is 11.0. The maximum absolute atomic E-state index is 11.0. The Labute approximate surface area is 154 Å². The van der Waals surface area contributed by atoms with Gasteiger partial charge in [0.25, 0.3) is 0 Å². The van der Waals surface area contributed by atoms with Crippen molar-refractivity contribution in [2.24, 2.45) is 5.10 Å². The summed E-state index contributed by atoms with van der Waals surface area (Å²) in [6.07, 6.45) is 3.68. The van der Waals surface area contributed by atoms with E-state index < -0.39 is 0 Å². The number of hydrazone groups is 1. The first kappa shape index (κ1) is 17.2. The molecule has 6 heteroatoms. The van der Waals surface area contributed by atoms with Crippen LogP contribution in [0.4, 0.5) is 0 Å². The van der Waals surface area contributed by atoms with Crippen molar-refractivity contribution >= 4 is 39.0 Å². The molecule has 0 atom stereocenters. The molecule has 1 N–H and O–H groups in total. The number of halogens is 1. The Morgan fingerprint density at radius 3 is 2.76 bits per heavy atom. The molecule has 5 nitrogen and oxygen atoms in total. The average Bonchev–Trinajstić information content (AvgIpc) is 2.95. The molecule has 0 aliphatic carbocycles. The molecule has 3 aromatic rings. The van der Waals surface area contributed by atoms with Crippen molar-refractivity contribution in [2.45, 2.75) is 13.5 Å².